The van der Waals surface area contributed by atoms with Gasteiger partial charge in [-0.15, -0.1) is 0 Å². The van der Waals surface area contributed by atoms with Crippen LogP contribution in [0.15, 0.2) is 63.5 Å². The Bertz CT molecular complexity index is 1310. The number of nitrogens with zero attached hydrogens (tertiary/aromatic N) is 5. The maximum Gasteiger partial charge on any atom is 0.283 e. The van der Waals surface area contributed by atoms with Crippen LogP contribution in [0.25, 0.3) is 0 Å². The fourth-order valence-electron chi connectivity index (χ4n) is 4.45. The van der Waals surface area contributed by atoms with Crippen LogP contribution in [-0.4, -0.2) is 30.9 Å². The summed E-state index contributed by atoms with van der Waals surface area (Å²) in [6.45, 7) is 6.09. The third-order valence-corrected chi connectivity index (χ3v) is 7.01. The highest BCUT2D eigenvalue weighted by Crippen LogP contribution is 2.46. The number of tetrazole rings is 1. The van der Waals surface area contributed by atoms with E-state index in [-0.39, 0.29) is 21.8 Å². The van der Waals surface area contributed by atoms with Gasteiger partial charge in [0.1, 0.15) is 6.04 Å². The second-order valence-corrected chi connectivity index (χ2v) is 10.3. The minimum absolute atomic E-state index is 0.000611. The van der Waals surface area contributed by atoms with E-state index in [1.807, 2.05) is 51.1 Å². The van der Waals surface area contributed by atoms with E-state index in [4.69, 9.17) is 0 Å². The number of Topliss-reactive ketones (excluding diaryl/α,β-unsaturated/α-hetero) is 1. The van der Waals surface area contributed by atoms with Crippen LogP contribution in [0.5, 0.6) is 0 Å². The molecule has 9 nitrogen and oxygen atoms in total. The van der Waals surface area contributed by atoms with Gasteiger partial charge < -0.3 is 5.32 Å². The number of anilines is 1. The van der Waals surface area contributed by atoms with Crippen molar-refractivity contribution >= 4 is 29.2 Å². The minimum atomic E-state index is -0.619. The van der Waals surface area contributed by atoms with Gasteiger partial charge in [0.15, 0.2) is 5.78 Å². The summed E-state index contributed by atoms with van der Waals surface area (Å²) < 4.78 is 1.53. The smallest absolute Gasteiger partial charge is 0.283 e. The third kappa shape index (κ3) is 3.91. The lowest BCUT2D eigenvalue weighted by molar-refractivity contribution is -0.387. The third-order valence-electron chi connectivity index (χ3n) is 5.94. The number of benzene rings is 2. The van der Waals surface area contributed by atoms with E-state index < -0.39 is 6.04 Å². The average molecular weight is 463 g/mol. The highest BCUT2D eigenvalue weighted by Gasteiger charge is 2.42. The molecule has 0 spiro atoms. The van der Waals surface area contributed by atoms with Crippen LogP contribution < -0.4 is 5.32 Å². The van der Waals surface area contributed by atoms with Crippen molar-refractivity contribution in [1.29, 1.82) is 0 Å². The molecule has 0 amide bonds. The van der Waals surface area contributed by atoms with Crippen molar-refractivity contribution in [3.63, 3.8) is 0 Å². The molecule has 5 rings (SSSR count). The standard InChI is InChI=1S/C23H22N6O3S/c1-13-4-7-15(8-5-13)33-19-9-6-14(10-17(19)29(31)32)21-20-16(11-23(2,3)12-18(20)30)24-22-25-26-27-28(21)22/h4-10,21H,11-12H2,1-3H3,(H,24,25,27)/t21-/m1/s1. The molecule has 3 aromatic rings. The monoisotopic (exact) mass is 462 g/mol. The first-order valence-corrected chi connectivity index (χ1v) is 11.4. The number of rotatable bonds is 4. The molecule has 0 fully saturated rings. The predicted octanol–water partition coefficient (Wildman–Crippen LogP) is 4.70. The zero-order valence-corrected chi connectivity index (χ0v) is 19.2. The highest BCUT2D eigenvalue weighted by atomic mass is 32.2. The van der Waals surface area contributed by atoms with Gasteiger partial charge in [0.2, 0.25) is 5.95 Å². The summed E-state index contributed by atoms with van der Waals surface area (Å²) in [5.41, 5.74) is 2.87. The molecular formula is C23H22N6O3S. The molecule has 33 heavy (non-hydrogen) atoms. The molecule has 2 aliphatic rings. The van der Waals surface area contributed by atoms with E-state index in [9.17, 15) is 14.9 Å². The maximum atomic E-state index is 13.2. The molecular weight excluding hydrogens is 440 g/mol. The molecule has 10 heteroatoms. The van der Waals surface area contributed by atoms with E-state index in [0.717, 1.165) is 16.2 Å². The van der Waals surface area contributed by atoms with Crippen LogP contribution in [0.4, 0.5) is 11.6 Å². The zero-order valence-electron chi connectivity index (χ0n) is 18.4. The minimum Gasteiger partial charge on any atom is -0.326 e. The average Bonchev–Trinajstić information content (AvgIpc) is 3.21. The molecule has 0 radical (unpaired) electrons. The Morgan fingerprint density at radius 1 is 1.18 bits per heavy atom. The van der Waals surface area contributed by atoms with Crippen LogP contribution in [0.2, 0.25) is 0 Å². The van der Waals surface area contributed by atoms with E-state index in [2.05, 4.69) is 20.8 Å². The van der Waals surface area contributed by atoms with Crippen molar-refractivity contribution < 1.29 is 9.72 Å². The van der Waals surface area contributed by atoms with Crippen molar-refractivity contribution in [3.05, 3.63) is 75.0 Å². The molecule has 1 atom stereocenters. The lowest BCUT2D eigenvalue weighted by atomic mass is 9.73. The van der Waals surface area contributed by atoms with Crippen molar-refractivity contribution in [2.24, 2.45) is 5.41 Å². The normalized spacial score (nSPS) is 19.0. The summed E-state index contributed by atoms with van der Waals surface area (Å²) in [6, 6.07) is 12.3. The van der Waals surface area contributed by atoms with E-state index in [0.29, 0.717) is 34.8 Å². The number of carbonyl (C=O) groups is 1. The Balaban J connectivity index is 1.60. The molecule has 2 heterocycles. The predicted molar refractivity (Wildman–Crippen MR) is 123 cm³/mol. The fraction of sp³-hybridized carbons (Fsp3) is 0.304. The largest absolute Gasteiger partial charge is 0.326 e. The second kappa shape index (κ2) is 7.80. The number of carbonyl (C=O) groups excluding carboxylic acids is 1. The summed E-state index contributed by atoms with van der Waals surface area (Å²) in [7, 11) is 0. The summed E-state index contributed by atoms with van der Waals surface area (Å²) in [6.07, 6.45) is 1.06. The van der Waals surface area contributed by atoms with Gasteiger partial charge in [-0.2, -0.15) is 4.68 Å². The van der Waals surface area contributed by atoms with Crippen LogP contribution >= 0.6 is 11.8 Å². The van der Waals surface area contributed by atoms with Crippen molar-refractivity contribution in [2.75, 3.05) is 5.32 Å². The lowest BCUT2D eigenvalue weighted by Gasteiger charge is -2.37. The molecule has 168 valence electrons. The number of ketones is 1. The second-order valence-electron chi connectivity index (χ2n) is 9.21. The zero-order chi connectivity index (χ0) is 23.3. The number of aryl methyl sites for hydroxylation is 1. The number of allylic oxidation sites excluding steroid dienone is 2. The van der Waals surface area contributed by atoms with Gasteiger partial charge in [-0.3, -0.25) is 14.9 Å². The first kappa shape index (κ1) is 21.3. The van der Waals surface area contributed by atoms with Gasteiger partial charge in [-0.05, 0) is 52.9 Å². The molecule has 0 saturated carbocycles. The number of nitrogens with one attached hydrogen (secondary N) is 1. The molecule has 1 aliphatic carbocycles. The van der Waals surface area contributed by atoms with Gasteiger partial charge in [0.25, 0.3) is 5.69 Å². The number of hydrogen-bond donors (Lipinski definition) is 1. The molecule has 1 N–H and O–H groups in total. The Labute approximate surface area is 194 Å². The topological polar surface area (TPSA) is 116 Å². The van der Waals surface area contributed by atoms with Crippen LogP contribution in [-0.2, 0) is 4.79 Å². The maximum absolute atomic E-state index is 13.2. The SMILES string of the molecule is Cc1ccc(Sc2ccc([C@@H]3C4=C(CC(C)(C)CC4=O)Nc4nnnn43)cc2[N+](=O)[O-])cc1. The fourth-order valence-corrected chi connectivity index (χ4v) is 5.35. The van der Waals surface area contributed by atoms with Gasteiger partial charge in [0.05, 0.1) is 9.82 Å². The van der Waals surface area contributed by atoms with Crippen molar-refractivity contribution in [1.82, 2.24) is 20.2 Å². The van der Waals surface area contributed by atoms with Gasteiger partial charge in [-0.25, -0.2) is 0 Å². The molecule has 0 bridgehead atoms. The Kier molecular flexibility index (Phi) is 5.04. The van der Waals surface area contributed by atoms with Crippen molar-refractivity contribution in [2.45, 2.75) is 49.4 Å². The summed E-state index contributed by atoms with van der Waals surface area (Å²) in [4.78, 5) is 26.2. The van der Waals surface area contributed by atoms with Gasteiger partial charge in [0, 0.05) is 28.7 Å². The summed E-state index contributed by atoms with van der Waals surface area (Å²) >= 11 is 1.34. The van der Waals surface area contributed by atoms with Gasteiger partial charge >= 0.3 is 0 Å². The van der Waals surface area contributed by atoms with Crippen LogP contribution in [0.1, 0.15) is 43.9 Å². The molecule has 2 aromatic carbocycles. The van der Waals surface area contributed by atoms with Gasteiger partial charge in [-0.1, -0.05) is 54.5 Å². The van der Waals surface area contributed by atoms with Crippen LogP contribution in [0, 0.1) is 22.5 Å². The van der Waals surface area contributed by atoms with E-state index in [1.165, 1.54) is 22.5 Å². The van der Waals surface area contributed by atoms with Crippen LogP contribution in [0.3, 0.4) is 0 Å². The van der Waals surface area contributed by atoms with E-state index >= 15 is 0 Å². The molecule has 1 aliphatic heterocycles. The Morgan fingerprint density at radius 3 is 2.67 bits per heavy atom. The molecule has 0 unspecified atom stereocenters. The first-order chi connectivity index (χ1) is 15.7. The lowest BCUT2D eigenvalue weighted by Crippen LogP contribution is -2.36. The summed E-state index contributed by atoms with van der Waals surface area (Å²) in [5, 5.41) is 27.1. The quantitative estimate of drug-likeness (QED) is 0.438. The number of fused-ring (bicyclic) bond motifs is 1. The number of hydrogen-bond acceptors (Lipinski definition) is 8. The Hall–Kier alpha value is -3.53. The first-order valence-electron chi connectivity index (χ1n) is 10.6. The van der Waals surface area contributed by atoms with E-state index in [1.54, 1.807) is 6.07 Å². The number of aromatic nitrogens is 4. The highest BCUT2D eigenvalue weighted by molar-refractivity contribution is 7.99. The number of nitro groups is 1. The summed E-state index contributed by atoms with van der Waals surface area (Å²) in [5.74, 6) is 0.422. The number of nitro benzene ring substituents is 1. The molecule has 0 saturated heterocycles. The van der Waals surface area contributed by atoms with Crippen molar-refractivity contribution in [3.8, 4) is 0 Å². The molecule has 1 aromatic heterocycles. The Morgan fingerprint density at radius 2 is 1.94 bits per heavy atom.